The number of nitrogens with two attached hydrogens (primary N) is 1. The van der Waals surface area contributed by atoms with Crippen molar-refractivity contribution in [3.8, 4) is 5.75 Å². The van der Waals surface area contributed by atoms with Crippen molar-refractivity contribution in [1.29, 1.82) is 0 Å². The van der Waals surface area contributed by atoms with Gasteiger partial charge in [0.1, 0.15) is 5.75 Å². The van der Waals surface area contributed by atoms with Gasteiger partial charge < -0.3 is 15.7 Å². The van der Waals surface area contributed by atoms with Crippen LogP contribution in [0.5, 0.6) is 5.75 Å². The van der Waals surface area contributed by atoms with E-state index in [1.54, 1.807) is 11.0 Å². The van der Waals surface area contributed by atoms with Crippen molar-refractivity contribution in [3.63, 3.8) is 0 Å². The van der Waals surface area contributed by atoms with Crippen molar-refractivity contribution in [2.24, 2.45) is 5.73 Å². The van der Waals surface area contributed by atoms with E-state index in [0.717, 1.165) is 16.7 Å². The van der Waals surface area contributed by atoms with Crippen LogP contribution in [-0.2, 0) is 24.3 Å². The quantitative estimate of drug-likeness (QED) is 0.899. The van der Waals surface area contributed by atoms with E-state index in [1.807, 2.05) is 38.1 Å². The van der Waals surface area contributed by atoms with E-state index >= 15 is 0 Å². The fraction of sp³-hybridized carbons (Fsp3) is 0.300. The third-order valence-corrected chi connectivity index (χ3v) is 4.60. The molecule has 0 atom stereocenters. The molecule has 5 heteroatoms. The third kappa shape index (κ3) is 3.36. The van der Waals surface area contributed by atoms with E-state index in [-0.39, 0.29) is 29.6 Å². The molecule has 1 aliphatic rings. The molecule has 2 aromatic rings. The maximum Gasteiger partial charge on any atom is 0.258 e. The Hall–Kier alpha value is -2.82. The number of fused-ring (bicyclic) bond motifs is 1. The van der Waals surface area contributed by atoms with E-state index in [9.17, 15) is 14.7 Å². The average molecular weight is 338 g/mol. The number of benzene rings is 2. The summed E-state index contributed by atoms with van der Waals surface area (Å²) in [5.74, 6) is -0.671. The number of primary amides is 1. The summed E-state index contributed by atoms with van der Waals surface area (Å²) in [6.45, 7) is 5.04. The monoisotopic (exact) mass is 338 g/mol. The van der Waals surface area contributed by atoms with Gasteiger partial charge in [-0.1, -0.05) is 38.1 Å². The molecule has 2 amide bonds. The second-order valence-electron chi connectivity index (χ2n) is 6.80. The van der Waals surface area contributed by atoms with Crippen LogP contribution in [0.15, 0.2) is 36.4 Å². The zero-order chi connectivity index (χ0) is 18.1. The van der Waals surface area contributed by atoms with E-state index in [0.29, 0.717) is 18.7 Å². The molecule has 0 saturated carbocycles. The second kappa shape index (κ2) is 6.59. The number of hydrogen-bond donors (Lipinski definition) is 2. The minimum Gasteiger partial charge on any atom is -0.507 e. The molecule has 25 heavy (non-hydrogen) atoms. The summed E-state index contributed by atoms with van der Waals surface area (Å²) in [6, 6.07) is 11.1. The van der Waals surface area contributed by atoms with Gasteiger partial charge in [-0.2, -0.15) is 0 Å². The lowest BCUT2D eigenvalue weighted by Crippen LogP contribution is -2.26. The Kier molecular flexibility index (Phi) is 4.49. The lowest BCUT2D eigenvalue weighted by Gasteiger charge is -2.19. The maximum absolute atomic E-state index is 12.9. The Morgan fingerprint density at radius 2 is 1.76 bits per heavy atom. The van der Waals surface area contributed by atoms with Gasteiger partial charge in [0, 0.05) is 13.1 Å². The highest BCUT2D eigenvalue weighted by Gasteiger charge is 2.27. The van der Waals surface area contributed by atoms with Crippen LogP contribution in [0.2, 0.25) is 0 Å². The Morgan fingerprint density at radius 3 is 2.28 bits per heavy atom. The van der Waals surface area contributed by atoms with Gasteiger partial charge in [0.25, 0.3) is 5.91 Å². The number of amides is 2. The van der Waals surface area contributed by atoms with Gasteiger partial charge in [0.15, 0.2) is 0 Å². The van der Waals surface area contributed by atoms with Crippen LogP contribution in [-0.4, -0.2) is 21.8 Å². The second-order valence-corrected chi connectivity index (χ2v) is 6.80. The molecular formula is C20H22N2O3. The van der Waals surface area contributed by atoms with Crippen molar-refractivity contribution >= 4 is 11.8 Å². The van der Waals surface area contributed by atoms with Crippen molar-refractivity contribution in [1.82, 2.24) is 4.90 Å². The predicted octanol–water partition coefficient (Wildman–Crippen LogP) is 2.70. The summed E-state index contributed by atoms with van der Waals surface area (Å²) in [4.78, 5) is 25.9. The highest BCUT2D eigenvalue weighted by Crippen LogP contribution is 2.31. The van der Waals surface area contributed by atoms with Gasteiger partial charge in [-0.3, -0.25) is 9.59 Å². The Bertz CT molecular complexity index is 818. The fourth-order valence-electron chi connectivity index (χ4n) is 3.34. The van der Waals surface area contributed by atoms with E-state index in [2.05, 4.69) is 0 Å². The number of rotatable bonds is 4. The van der Waals surface area contributed by atoms with Gasteiger partial charge in [-0.15, -0.1) is 0 Å². The summed E-state index contributed by atoms with van der Waals surface area (Å²) < 4.78 is 0. The molecule has 5 nitrogen and oxygen atoms in total. The molecule has 0 spiro atoms. The van der Waals surface area contributed by atoms with Crippen LogP contribution in [0.1, 0.15) is 52.4 Å². The predicted molar refractivity (Wildman–Crippen MR) is 95.1 cm³/mol. The van der Waals surface area contributed by atoms with E-state index in [1.165, 1.54) is 6.07 Å². The first-order chi connectivity index (χ1) is 11.9. The van der Waals surface area contributed by atoms with Gasteiger partial charge in [-0.25, -0.2) is 0 Å². The molecule has 1 heterocycles. The van der Waals surface area contributed by atoms with Gasteiger partial charge in [-0.05, 0) is 40.3 Å². The van der Waals surface area contributed by atoms with Crippen LogP contribution < -0.4 is 5.73 Å². The molecule has 3 N–H and O–H groups in total. The van der Waals surface area contributed by atoms with Crippen LogP contribution in [0.3, 0.4) is 0 Å². The first-order valence-electron chi connectivity index (χ1n) is 8.37. The molecule has 0 aliphatic carbocycles. The lowest BCUT2D eigenvalue weighted by atomic mass is 9.92. The molecular weight excluding hydrogens is 316 g/mol. The molecule has 1 aliphatic heterocycles. The summed E-state index contributed by atoms with van der Waals surface area (Å²) in [5, 5.41) is 10.4. The standard InChI is InChI=1S/C20H22N2O3/c1-12(2)16-9-17(18(23)7-15(16)8-19(21)24)20(25)22-10-13-5-3-4-6-14(13)11-22/h3-7,9,12,23H,8,10-11H2,1-2H3,(H2,21,24). The van der Waals surface area contributed by atoms with Crippen molar-refractivity contribution in [2.75, 3.05) is 0 Å². The zero-order valence-corrected chi connectivity index (χ0v) is 14.5. The van der Waals surface area contributed by atoms with Gasteiger partial charge in [0.05, 0.1) is 12.0 Å². The van der Waals surface area contributed by atoms with Crippen molar-refractivity contribution < 1.29 is 14.7 Å². The normalized spacial score (nSPS) is 13.2. The molecule has 0 unspecified atom stereocenters. The zero-order valence-electron chi connectivity index (χ0n) is 14.5. The summed E-state index contributed by atoms with van der Waals surface area (Å²) in [6.07, 6.45) is 0.0463. The van der Waals surface area contributed by atoms with Crippen molar-refractivity contribution in [3.05, 3.63) is 64.2 Å². The molecule has 0 fully saturated rings. The minimum atomic E-state index is -0.463. The number of phenols is 1. The molecule has 2 aromatic carbocycles. The number of carbonyl (C=O) groups is 2. The number of carbonyl (C=O) groups excluding carboxylic acids is 2. The van der Waals surface area contributed by atoms with Gasteiger partial charge >= 0.3 is 0 Å². The van der Waals surface area contributed by atoms with Crippen LogP contribution in [0, 0.1) is 0 Å². The minimum absolute atomic E-state index is 0.0463. The van der Waals surface area contributed by atoms with Gasteiger partial charge in [0.2, 0.25) is 5.91 Å². The summed E-state index contributed by atoms with van der Waals surface area (Å²) in [5.41, 5.74) is 9.35. The fourth-order valence-corrected chi connectivity index (χ4v) is 3.34. The molecule has 0 saturated heterocycles. The number of hydrogen-bond acceptors (Lipinski definition) is 3. The highest BCUT2D eigenvalue weighted by molar-refractivity contribution is 5.97. The topological polar surface area (TPSA) is 83.6 Å². The lowest BCUT2D eigenvalue weighted by molar-refractivity contribution is -0.117. The van der Waals surface area contributed by atoms with E-state index < -0.39 is 5.91 Å². The van der Waals surface area contributed by atoms with Crippen molar-refractivity contribution in [2.45, 2.75) is 39.3 Å². The number of aromatic hydroxyl groups is 1. The Morgan fingerprint density at radius 1 is 1.16 bits per heavy atom. The molecule has 3 rings (SSSR count). The molecule has 0 bridgehead atoms. The first kappa shape index (κ1) is 17.0. The van der Waals surface area contributed by atoms with Crippen LogP contribution in [0.4, 0.5) is 0 Å². The number of nitrogens with zero attached hydrogens (tertiary/aromatic N) is 1. The third-order valence-electron chi connectivity index (χ3n) is 4.60. The Labute approximate surface area is 147 Å². The summed E-state index contributed by atoms with van der Waals surface area (Å²) >= 11 is 0. The first-order valence-corrected chi connectivity index (χ1v) is 8.37. The van der Waals surface area contributed by atoms with Crippen LogP contribution >= 0.6 is 0 Å². The highest BCUT2D eigenvalue weighted by atomic mass is 16.3. The average Bonchev–Trinajstić information content (AvgIpc) is 2.97. The maximum atomic E-state index is 12.9. The molecule has 130 valence electrons. The molecule has 0 radical (unpaired) electrons. The molecule has 0 aromatic heterocycles. The number of phenolic OH excluding ortho intramolecular Hbond substituents is 1. The summed E-state index contributed by atoms with van der Waals surface area (Å²) in [7, 11) is 0. The van der Waals surface area contributed by atoms with Crippen LogP contribution in [0.25, 0.3) is 0 Å². The Balaban J connectivity index is 1.93. The van der Waals surface area contributed by atoms with E-state index in [4.69, 9.17) is 5.73 Å². The smallest absolute Gasteiger partial charge is 0.258 e. The largest absolute Gasteiger partial charge is 0.507 e. The SMILES string of the molecule is CC(C)c1cc(C(=O)N2Cc3ccccc3C2)c(O)cc1CC(N)=O.